The first-order chi connectivity index (χ1) is 13.5. The Hall–Kier alpha value is -1.50. The first-order valence-corrected chi connectivity index (χ1v) is 10.5. The van der Waals surface area contributed by atoms with Gasteiger partial charge in [-0.05, 0) is 56.3 Å². The number of aliphatic hydroxyl groups excluding tert-OH is 1. The van der Waals surface area contributed by atoms with Crippen molar-refractivity contribution in [3.05, 3.63) is 35.1 Å². The molecule has 0 radical (unpaired) electrons. The predicted octanol–water partition coefficient (Wildman–Crippen LogP) is 1.91. The third kappa shape index (κ3) is 5.31. The SMILES string of the molecule is Cc1ccc(CC(=O)N2CC[C@@H](N3CCN(C)CC3)[C@@H](CCCO)C2)cc1F. The first-order valence-electron chi connectivity index (χ1n) is 10.5. The summed E-state index contributed by atoms with van der Waals surface area (Å²) in [6, 6.07) is 5.55. The number of likely N-dealkylation sites (N-methyl/N-ethyl adjacent to an activating group) is 1. The second-order valence-corrected chi connectivity index (χ2v) is 8.42. The van der Waals surface area contributed by atoms with E-state index in [0.29, 0.717) is 17.5 Å². The number of piperazine rings is 1. The maximum Gasteiger partial charge on any atom is 0.227 e. The van der Waals surface area contributed by atoms with Crippen molar-refractivity contribution in [3.63, 3.8) is 0 Å². The molecule has 2 aliphatic rings. The molecule has 6 heteroatoms. The van der Waals surface area contributed by atoms with Gasteiger partial charge in [0.25, 0.3) is 0 Å². The molecule has 2 fully saturated rings. The van der Waals surface area contributed by atoms with E-state index in [0.717, 1.165) is 64.1 Å². The average molecular weight is 392 g/mol. The van der Waals surface area contributed by atoms with Gasteiger partial charge in [0.1, 0.15) is 5.82 Å². The molecule has 0 spiro atoms. The summed E-state index contributed by atoms with van der Waals surface area (Å²) >= 11 is 0. The summed E-state index contributed by atoms with van der Waals surface area (Å²) in [5.41, 5.74) is 1.34. The summed E-state index contributed by atoms with van der Waals surface area (Å²) < 4.78 is 13.8. The van der Waals surface area contributed by atoms with Crippen LogP contribution in [-0.2, 0) is 11.2 Å². The highest BCUT2D eigenvalue weighted by Gasteiger charge is 2.35. The molecule has 0 aromatic heterocycles. The lowest BCUT2D eigenvalue weighted by Crippen LogP contribution is -2.57. The Balaban J connectivity index is 1.62. The molecule has 3 rings (SSSR count). The minimum Gasteiger partial charge on any atom is -0.396 e. The Morgan fingerprint density at radius 1 is 1.21 bits per heavy atom. The number of nitrogens with zero attached hydrogens (tertiary/aromatic N) is 3. The van der Waals surface area contributed by atoms with Crippen LogP contribution in [0.15, 0.2) is 18.2 Å². The maximum atomic E-state index is 13.8. The van der Waals surface area contributed by atoms with E-state index in [2.05, 4.69) is 16.8 Å². The summed E-state index contributed by atoms with van der Waals surface area (Å²) in [5.74, 6) is 0.219. The number of carbonyl (C=O) groups is 1. The van der Waals surface area contributed by atoms with Gasteiger partial charge in [-0.25, -0.2) is 4.39 Å². The number of amides is 1. The fraction of sp³-hybridized carbons (Fsp3) is 0.682. The topological polar surface area (TPSA) is 47.0 Å². The zero-order valence-corrected chi connectivity index (χ0v) is 17.2. The molecule has 5 nitrogen and oxygen atoms in total. The van der Waals surface area contributed by atoms with Crippen molar-refractivity contribution in [2.45, 2.75) is 38.6 Å². The third-order valence-electron chi connectivity index (χ3n) is 6.38. The highest BCUT2D eigenvalue weighted by Crippen LogP contribution is 2.27. The number of likely N-dealkylation sites (tertiary alicyclic amines) is 1. The van der Waals surface area contributed by atoms with Crippen molar-refractivity contribution in [3.8, 4) is 0 Å². The summed E-state index contributed by atoms with van der Waals surface area (Å²) in [5, 5.41) is 9.31. The van der Waals surface area contributed by atoms with Gasteiger partial charge in [-0.15, -0.1) is 0 Å². The monoisotopic (exact) mass is 391 g/mol. The van der Waals surface area contributed by atoms with Crippen LogP contribution in [0.2, 0.25) is 0 Å². The fourth-order valence-corrected chi connectivity index (χ4v) is 4.55. The van der Waals surface area contributed by atoms with Crippen LogP contribution in [0.3, 0.4) is 0 Å². The standard InChI is InChI=1S/C22H34FN3O2/c1-17-5-6-18(14-20(17)23)15-22(28)26-8-7-21(19(16-26)4-3-13-27)25-11-9-24(2)10-12-25/h5-6,14,19,21,27H,3-4,7-13,15-16H2,1-2H3/t19-,21+/m0/s1. The second kappa shape index (κ2) is 9.81. The van der Waals surface area contributed by atoms with Gasteiger partial charge in [0.15, 0.2) is 0 Å². The molecule has 1 N–H and O–H groups in total. The van der Waals surface area contributed by atoms with E-state index in [1.165, 1.54) is 6.07 Å². The van der Waals surface area contributed by atoms with E-state index in [-0.39, 0.29) is 24.8 Å². The van der Waals surface area contributed by atoms with Crippen LogP contribution in [0, 0.1) is 18.7 Å². The molecule has 1 aromatic carbocycles. The van der Waals surface area contributed by atoms with Crippen LogP contribution in [0.5, 0.6) is 0 Å². The van der Waals surface area contributed by atoms with Crippen LogP contribution in [0.25, 0.3) is 0 Å². The number of piperidine rings is 1. The lowest BCUT2D eigenvalue weighted by molar-refractivity contribution is -0.133. The molecule has 1 amide bonds. The van der Waals surface area contributed by atoms with E-state index in [1.807, 2.05) is 11.0 Å². The van der Waals surface area contributed by atoms with Gasteiger partial charge >= 0.3 is 0 Å². The molecule has 1 aromatic rings. The highest BCUT2D eigenvalue weighted by atomic mass is 19.1. The zero-order chi connectivity index (χ0) is 20.1. The smallest absolute Gasteiger partial charge is 0.227 e. The molecule has 28 heavy (non-hydrogen) atoms. The number of hydrogen-bond acceptors (Lipinski definition) is 4. The van der Waals surface area contributed by atoms with Crippen LogP contribution in [-0.4, -0.2) is 84.7 Å². The van der Waals surface area contributed by atoms with Crippen LogP contribution >= 0.6 is 0 Å². The van der Waals surface area contributed by atoms with Gasteiger partial charge in [-0.3, -0.25) is 9.69 Å². The Bertz CT molecular complexity index is 661. The van der Waals surface area contributed by atoms with E-state index in [4.69, 9.17) is 0 Å². The predicted molar refractivity (Wildman–Crippen MR) is 109 cm³/mol. The van der Waals surface area contributed by atoms with Crippen molar-refractivity contribution in [2.24, 2.45) is 5.92 Å². The summed E-state index contributed by atoms with van der Waals surface area (Å²) in [6.45, 7) is 7.76. The third-order valence-corrected chi connectivity index (χ3v) is 6.38. The van der Waals surface area contributed by atoms with Gasteiger partial charge in [-0.2, -0.15) is 0 Å². The molecule has 2 saturated heterocycles. The molecule has 2 aliphatic heterocycles. The van der Waals surface area contributed by atoms with Crippen LogP contribution < -0.4 is 0 Å². The Kier molecular flexibility index (Phi) is 7.43. The highest BCUT2D eigenvalue weighted by molar-refractivity contribution is 5.79. The minimum atomic E-state index is -0.250. The molecule has 2 heterocycles. The maximum absolute atomic E-state index is 13.8. The Morgan fingerprint density at radius 2 is 1.96 bits per heavy atom. The van der Waals surface area contributed by atoms with Gasteiger partial charge in [0, 0.05) is 51.9 Å². The van der Waals surface area contributed by atoms with E-state index in [1.54, 1.807) is 13.0 Å². The molecule has 0 unspecified atom stereocenters. The van der Waals surface area contributed by atoms with Gasteiger partial charge < -0.3 is 14.9 Å². The zero-order valence-electron chi connectivity index (χ0n) is 17.2. The minimum absolute atomic E-state index is 0.0779. The summed E-state index contributed by atoms with van der Waals surface area (Å²) in [7, 11) is 2.16. The number of benzene rings is 1. The van der Waals surface area contributed by atoms with E-state index < -0.39 is 0 Å². The molecule has 0 aliphatic carbocycles. The normalized spacial score (nSPS) is 24.5. The number of carbonyl (C=O) groups excluding carboxylic acids is 1. The van der Waals surface area contributed by atoms with Crippen molar-refractivity contribution >= 4 is 5.91 Å². The van der Waals surface area contributed by atoms with Gasteiger partial charge in [-0.1, -0.05) is 12.1 Å². The Labute approximate surface area is 168 Å². The molecule has 0 bridgehead atoms. The second-order valence-electron chi connectivity index (χ2n) is 8.42. The van der Waals surface area contributed by atoms with Crippen molar-refractivity contribution < 1.29 is 14.3 Å². The molecular weight excluding hydrogens is 357 g/mol. The van der Waals surface area contributed by atoms with E-state index >= 15 is 0 Å². The van der Waals surface area contributed by atoms with Gasteiger partial charge in [0.2, 0.25) is 5.91 Å². The van der Waals surface area contributed by atoms with Crippen LogP contribution in [0.1, 0.15) is 30.4 Å². The Morgan fingerprint density at radius 3 is 2.64 bits per heavy atom. The number of halogens is 1. The molecular formula is C22H34FN3O2. The largest absolute Gasteiger partial charge is 0.396 e. The first kappa shape index (κ1) is 21.2. The molecule has 2 atom stereocenters. The number of hydrogen-bond donors (Lipinski definition) is 1. The van der Waals surface area contributed by atoms with Crippen LogP contribution in [0.4, 0.5) is 4.39 Å². The van der Waals surface area contributed by atoms with E-state index in [9.17, 15) is 14.3 Å². The quantitative estimate of drug-likeness (QED) is 0.805. The fourth-order valence-electron chi connectivity index (χ4n) is 4.55. The summed E-state index contributed by atoms with van der Waals surface area (Å²) in [4.78, 5) is 19.7. The number of aliphatic hydroxyl groups is 1. The number of aryl methyl sites for hydroxylation is 1. The lowest BCUT2D eigenvalue weighted by atomic mass is 9.86. The van der Waals surface area contributed by atoms with Crippen molar-refractivity contribution in [1.29, 1.82) is 0 Å². The van der Waals surface area contributed by atoms with Crippen molar-refractivity contribution in [2.75, 3.05) is 52.9 Å². The number of rotatable bonds is 6. The molecule has 156 valence electrons. The summed E-state index contributed by atoms with van der Waals surface area (Å²) in [6.07, 6.45) is 2.95. The lowest BCUT2D eigenvalue weighted by Gasteiger charge is -2.46. The molecule has 0 saturated carbocycles. The average Bonchev–Trinajstić information content (AvgIpc) is 2.69. The van der Waals surface area contributed by atoms with Crippen molar-refractivity contribution in [1.82, 2.24) is 14.7 Å². The van der Waals surface area contributed by atoms with Gasteiger partial charge in [0.05, 0.1) is 6.42 Å².